The van der Waals surface area contributed by atoms with Gasteiger partial charge >= 0.3 is 0 Å². The van der Waals surface area contributed by atoms with E-state index in [1.54, 1.807) is 23.1 Å². The van der Waals surface area contributed by atoms with E-state index in [1.165, 1.54) is 5.56 Å². The molecule has 0 fully saturated rings. The summed E-state index contributed by atoms with van der Waals surface area (Å²) in [5, 5.41) is 11.6. The van der Waals surface area contributed by atoms with Gasteiger partial charge in [0.05, 0.1) is 4.88 Å². The summed E-state index contributed by atoms with van der Waals surface area (Å²) in [4.78, 5) is 1.15. The molecule has 3 aromatic rings. The van der Waals surface area contributed by atoms with E-state index < -0.39 is 0 Å². The Kier molecular flexibility index (Phi) is 4.50. The summed E-state index contributed by atoms with van der Waals surface area (Å²) in [7, 11) is 0. The molecular formula is C15H11BrN2S2. The van der Waals surface area contributed by atoms with Gasteiger partial charge in [-0.25, -0.2) is 0 Å². The second-order valence-corrected chi connectivity index (χ2v) is 7.01. The second kappa shape index (κ2) is 6.52. The first kappa shape index (κ1) is 13.8. The summed E-state index contributed by atoms with van der Waals surface area (Å²) in [6.45, 7) is 0. The fourth-order valence-corrected chi connectivity index (χ4v) is 3.42. The molecule has 2 aromatic heterocycles. The van der Waals surface area contributed by atoms with Crippen molar-refractivity contribution in [1.82, 2.24) is 10.2 Å². The molecule has 0 radical (unpaired) electrons. The lowest BCUT2D eigenvalue weighted by Gasteiger charge is -2.02. The molecular weight excluding hydrogens is 352 g/mol. The minimum atomic E-state index is 0.903. The molecule has 20 heavy (non-hydrogen) atoms. The van der Waals surface area contributed by atoms with E-state index in [2.05, 4.69) is 56.5 Å². The highest BCUT2D eigenvalue weighted by Crippen LogP contribution is 2.25. The Balaban J connectivity index is 1.65. The van der Waals surface area contributed by atoms with Gasteiger partial charge in [0.15, 0.2) is 0 Å². The normalized spacial score (nSPS) is 10.7. The molecule has 2 nitrogen and oxygen atoms in total. The number of rotatable bonds is 4. The van der Waals surface area contributed by atoms with Gasteiger partial charge < -0.3 is 0 Å². The standard InChI is InChI=1S/C15H11BrN2S2/c16-12-5-3-11(4-6-12)10-20-15-8-7-13(17-18-15)14-2-1-9-19-14/h1-9H,10H2. The van der Waals surface area contributed by atoms with Crippen molar-refractivity contribution in [3.8, 4) is 10.6 Å². The molecule has 0 spiro atoms. The van der Waals surface area contributed by atoms with Crippen LogP contribution in [0.2, 0.25) is 0 Å². The third-order valence-corrected chi connectivity index (χ3v) is 5.13. The summed E-state index contributed by atoms with van der Waals surface area (Å²) < 4.78 is 1.10. The molecule has 0 bridgehead atoms. The molecule has 0 saturated heterocycles. The fraction of sp³-hybridized carbons (Fsp3) is 0.0667. The number of benzene rings is 1. The Labute approximate surface area is 134 Å². The van der Waals surface area contributed by atoms with Crippen LogP contribution in [0.4, 0.5) is 0 Å². The van der Waals surface area contributed by atoms with Crippen molar-refractivity contribution in [1.29, 1.82) is 0 Å². The number of nitrogens with zero attached hydrogens (tertiary/aromatic N) is 2. The van der Waals surface area contributed by atoms with Gasteiger partial charge in [-0.3, -0.25) is 0 Å². The number of hydrogen-bond donors (Lipinski definition) is 0. The van der Waals surface area contributed by atoms with Gasteiger partial charge in [0, 0.05) is 10.2 Å². The van der Waals surface area contributed by atoms with Crippen molar-refractivity contribution >= 4 is 39.0 Å². The molecule has 0 aliphatic carbocycles. The van der Waals surface area contributed by atoms with Crippen molar-refractivity contribution in [2.24, 2.45) is 0 Å². The molecule has 3 rings (SSSR count). The monoisotopic (exact) mass is 362 g/mol. The molecule has 0 saturated carbocycles. The molecule has 0 aliphatic rings. The van der Waals surface area contributed by atoms with Crippen LogP contribution >= 0.6 is 39.0 Å². The summed E-state index contributed by atoms with van der Waals surface area (Å²) in [5.41, 5.74) is 2.22. The SMILES string of the molecule is Brc1ccc(CSc2ccc(-c3cccs3)nn2)cc1. The molecule has 0 unspecified atom stereocenters. The van der Waals surface area contributed by atoms with Gasteiger partial charge in [-0.1, -0.05) is 45.9 Å². The summed E-state index contributed by atoms with van der Waals surface area (Å²) in [6.07, 6.45) is 0. The van der Waals surface area contributed by atoms with Gasteiger partial charge in [-0.05, 0) is 41.3 Å². The minimum Gasteiger partial charge on any atom is -0.149 e. The average molecular weight is 363 g/mol. The topological polar surface area (TPSA) is 25.8 Å². The van der Waals surface area contributed by atoms with Gasteiger partial charge in [-0.15, -0.1) is 21.5 Å². The average Bonchev–Trinajstić information content (AvgIpc) is 3.01. The highest BCUT2D eigenvalue weighted by Gasteiger charge is 2.03. The predicted octanol–water partition coefficient (Wildman–Crippen LogP) is 5.26. The molecule has 2 heterocycles. The fourth-order valence-electron chi connectivity index (χ4n) is 1.69. The lowest BCUT2D eigenvalue weighted by molar-refractivity contribution is 0.937. The zero-order valence-corrected chi connectivity index (χ0v) is 13.7. The lowest BCUT2D eigenvalue weighted by atomic mass is 10.2. The van der Waals surface area contributed by atoms with Crippen LogP contribution in [0.1, 0.15) is 5.56 Å². The van der Waals surface area contributed by atoms with Crippen molar-refractivity contribution in [2.45, 2.75) is 10.8 Å². The van der Waals surface area contributed by atoms with E-state index in [4.69, 9.17) is 0 Å². The largest absolute Gasteiger partial charge is 0.149 e. The van der Waals surface area contributed by atoms with Crippen molar-refractivity contribution in [3.63, 3.8) is 0 Å². The van der Waals surface area contributed by atoms with E-state index in [0.29, 0.717) is 0 Å². The first-order valence-electron chi connectivity index (χ1n) is 6.06. The maximum atomic E-state index is 4.28. The van der Waals surface area contributed by atoms with Crippen molar-refractivity contribution < 1.29 is 0 Å². The maximum Gasteiger partial charge on any atom is 0.119 e. The molecule has 1 aromatic carbocycles. The summed E-state index contributed by atoms with van der Waals surface area (Å²) in [5.74, 6) is 0.903. The smallest absolute Gasteiger partial charge is 0.119 e. The van der Waals surface area contributed by atoms with Crippen LogP contribution in [-0.4, -0.2) is 10.2 Å². The Bertz CT molecular complexity index is 664. The van der Waals surface area contributed by atoms with Gasteiger partial charge in [0.2, 0.25) is 0 Å². The van der Waals surface area contributed by atoms with E-state index in [-0.39, 0.29) is 0 Å². The third kappa shape index (κ3) is 3.48. The quantitative estimate of drug-likeness (QED) is 0.592. The van der Waals surface area contributed by atoms with E-state index in [9.17, 15) is 0 Å². The van der Waals surface area contributed by atoms with E-state index >= 15 is 0 Å². The molecule has 0 aliphatic heterocycles. The predicted molar refractivity (Wildman–Crippen MR) is 89.0 cm³/mol. The van der Waals surface area contributed by atoms with Crippen LogP contribution in [0, 0.1) is 0 Å². The Morgan fingerprint density at radius 3 is 2.50 bits per heavy atom. The van der Waals surface area contributed by atoms with Gasteiger partial charge in [-0.2, -0.15) is 0 Å². The number of hydrogen-bond acceptors (Lipinski definition) is 4. The maximum absolute atomic E-state index is 4.28. The van der Waals surface area contributed by atoms with E-state index in [1.807, 2.05) is 23.6 Å². The van der Waals surface area contributed by atoms with Crippen molar-refractivity contribution in [3.05, 3.63) is 63.9 Å². The number of halogens is 1. The number of aromatic nitrogens is 2. The summed E-state index contributed by atoms with van der Waals surface area (Å²) >= 11 is 6.82. The molecule has 0 atom stereocenters. The van der Waals surface area contributed by atoms with E-state index in [0.717, 1.165) is 25.8 Å². The zero-order valence-electron chi connectivity index (χ0n) is 10.5. The molecule has 100 valence electrons. The lowest BCUT2D eigenvalue weighted by Crippen LogP contribution is -1.88. The van der Waals surface area contributed by atoms with Crippen LogP contribution in [-0.2, 0) is 5.75 Å². The molecule has 0 N–H and O–H groups in total. The minimum absolute atomic E-state index is 0.903. The van der Waals surface area contributed by atoms with Crippen molar-refractivity contribution in [2.75, 3.05) is 0 Å². The zero-order chi connectivity index (χ0) is 13.8. The van der Waals surface area contributed by atoms with Gasteiger partial charge in [0.25, 0.3) is 0 Å². The highest BCUT2D eigenvalue weighted by molar-refractivity contribution is 9.10. The van der Waals surface area contributed by atoms with Crippen LogP contribution in [0.3, 0.4) is 0 Å². The highest BCUT2D eigenvalue weighted by atomic mass is 79.9. The van der Waals surface area contributed by atoms with Crippen LogP contribution < -0.4 is 0 Å². The number of thioether (sulfide) groups is 1. The van der Waals surface area contributed by atoms with Crippen LogP contribution in [0.25, 0.3) is 10.6 Å². The second-order valence-electron chi connectivity index (χ2n) is 4.15. The Hall–Kier alpha value is -1.17. The van der Waals surface area contributed by atoms with Crippen LogP contribution in [0.5, 0.6) is 0 Å². The van der Waals surface area contributed by atoms with Gasteiger partial charge in [0.1, 0.15) is 10.7 Å². The first-order valence-corrected chi connectivity index (χ1v) is 8.72. The Morgan fingerprint density at radius 2 is 1.85 bits per heavy atom. The first-order chi connectivity index (χ1) is 9.81. The molecule has 0 amide bonds. The van der Waals surface area contributed by atoms with Crippen LogP contribution in [0.15, 0.2) is 63.4 Å². The Morgan fingerprint density at radius 1 is 1.00 bits per heavy atom. The summed E-state index contributed by atoms with van der Waals surface area (Å²) in [6, 6.07) is 16.5. The number of thiophene rings is 1. The molecule has 5 heteroatoms. The third-order valence-electron chi connectivity index (χ3n) is 2.71.